The molecule has 10 heteroatoms. The lowest BCUT2D eigenvalue weighted by Crippen LogP contribution is -2.38. The fourth-order valence-corrected chi connectivity index (χ4v) is 6.37. The zero-order valence-electron chi connectivity index (χ0n) is 30.9. The zero-order valence-corrected chi connectivity index (χ0v) is 31.7. The topological polar surface area (TPSA) is 125 Å². The molecule has 2 aromatic rings. The molecule has 0 saturated carbocycles. The summed E-state index contributed by atoms with van der Waals surface area (Å²) in [7, 11) is -5.02. The van der Waals surface area contributed by atoms with E-state index < -0.39 is 46.3 Å². The Bertz CT molecular complexity index is 1340. The minimum Gasteiger partial charge on any atom is -0.455 e. The Morgan fingerprint density at radius 3 is 1.42 bits per heavy atom. The standard InChI is InChI=1S/C40H62O9S/c1-5-9-11-13-15-17-19-25-32-27-21-23-29-34(32)46-38(7-3)48-37(41)31-36(50(43,44)45)40(42)49-39(8-4)47-35-30-24-22-28-33(35)26-20-18-16-14-12-10-6-2/h21-24,27-30,36,38-39H,5-20,25-26,31H2,1-4H3,(H,43,44,45). The average Bonchev–Trinajstić information content (AvgIpc) is 3.09. The highest BCUT2D eigenvalue weighted by molar-refractivity contribution is 7.87. The van der Waals surface area contributed by atoms with Gasteiger partial charge in [0.05, 0.1) is 6.42 Å². The van der Waals surface area contributed by atoms with Gasteiger partial charge in [-0.05, 0) is 48.9 Å². The Kier molecular flexibility index (Phi) is 21.5. The fourth-order valence-electron chi connectivity index (χ4n) is 5.72. The average molecular weight is 719 g/mol. The van der Waals surface area contributed by atoms with E-state index in [1.54, 1.807) is 19.9 Å². The molecule has 1 N–H and O–H groups in total. The summed E-state index contributed by atoms with van der Waals surface area (Å²) in [6, 6.07) is 15.0. The highest BCUT2D eigenvalue weighted by Crippen LogP contribution is 2.25. The molecule has 0 aromatic heterocycles. The number of para-hydroxylation sites is 2. The molecule has 50 heavy (non-hydrogen) atoms. The Morgan fingerprint density at radius 2 is 1.00 bits per heavy atom. The van der Waals surface area contributed by atoms with E-state index in [1.165, 1.54) is 64.2 Å². The molecule has 0 heterocycles. The van der Waals surface area contributed by atoms with Crippen LogP contribution in [0.2, 0.25) is 0 Å². The molecule has 0 bridgehead atoms. The summed E-state index contributed by atoms with van der Waals surface area (Å²) in [4.78, 5) is 26.0. The number of rotatable bonds is 28. The second kappa shape index (κ2) is 24.9. The van der Waals surface area contributed by atoms with Gasteiger partial charge in [0.2, 0.25) is 12.6 Å². The summed E-state index contributed by atoms with van der Waals surface area (Å²) in [5.74, 6) is -1.19. The maximum absolute atomic E-state index is 13.1. The van der Waals surface area contributed by atoms with Crippen molar-refractivity contribution >= 4 is 22.1 Å². The third-order valence-electron chi connectivity index (χ3n) is 8.71. The van der Waals surface area contributed by atoms with Crippen molar-refractivity contribution in [2.75, 3.05) is 0 Å². The summed E-state index contributed by atoms with van der Waals surface area (Å²) >= 11 is 0. The number of hydrogen-bond donors (Lipinski definition) is 1. The van der Waals surface area contributed by atoms with E-state index in [0.717, 1.165) is 49.7 Å². The molecule has 0 spiro atoms. The molecule has 9 nitrogen and oxygen atoms in total. The van der Waals surface area contributed by atoms with Gasteiger partial charge in [-0.15, -0.1) is 0 Å². The molecule has 0 radical (unpaired) electrons. The summed E-state index contributed by atoms with van der Waals surface area (Å²) in [6.07, 6.45) is 15.5. The lowest BCUT2D eigenvalue weighted by Gasteiger charge is -2.23. The molecule has 282 valence electrons. The Labute approximate surface area is 301 Å². The van der Waals surface area contributed by atoms with Crippen molar-refractivity contribution in [1.29, 1.82) is 0 Å². The van der Waals surface area contributed by atoms with Crippen LogP contribution in [0.5, 0.6) is 11.5 Å². The van der Waals surface area contributed by atoms with Crippen LogP contribution < -0.4 is 9.47 Å². The monoisotopic (exact) mass is 718 g/mol. The third kappa shape index (κ3) is 17.2. The number of unbranched alkanes of at least 4 members (excludes halogenated alkanes) is 12. The first kappa shape index (κ1) is 43.1. The van der Waals surface area contributed by atoms with Crippen LogP contribution in [-0.4, -0.2) is 42.7 Å². The van der Waals surface area contributed by atoms with Gasteiger partial charge in [-0.25, -0.2) is 0 Å². The van der Waals surface area contributed by atoms with Crippen LogP contribution in [0, 0.1) is 0 Å². The number of hydrogen-bond acceptors (Lipinski definition) is 8. The van der Waals surface area contributed by atoms with Gasteiger partial charge in [-0.1, -0.05) is 141 Å². The molecular formula is C40H62O9S. The number of benzene rings is 2. The molecule has 3 atom stereocenters. The Morgan fingerprint density at radius 1 is 0.600 bits per heavy atom. The number of ether oxygens (including phenoxy) is 4. The minimum atomic E-state index is -5.02. The van der Waals surface area contributed by atoms with Crippen molar-refractivity contribution in [1.82, 2.24) is 0 Å². The van der Waals surface area contributed by atoms with Crippen molar-refractivity contribution in [2.45, 2.75) is 168 Å². The van der Waals surface area contributed by atoms with Crippen LogP contribution in [0.3, 0.4) is 0 Å². The van der Waals surface area contributed by atoms with Crippen LogP contribution in [0.15, 0.2) is 48.5 Å². The SMILES string of the molecule is CCCCCCCCCc1ccccc1OC(CC)OC(=O)CC(C(=O)OC(CC)Oc1ccccc1CCCCCCCCC)S(=O)(=O)O. The first-order chi connectivity index (χ1) is 24.1. The molecule has 0 aliphatic carbocycles. The smallest absolute Gasteiger partial charge is 0.330 e. The summed E-state index contributed by atoms with van der Waals surface area (Å²) < 4.78 is 57.4. The second-order valence-corrected chi connectivity index (χ2v) is 14.6. The predicted octanol–water partition coefficient (Wildman–Crippen LogP) is 9.94. The largest absolute Gasteiger partial charge is 0.455 e. The van der Waals surface area contributed by atoms with Gasteiger partial charge >= 0.3 is 11.9 Å². The Balaban J connectivity index is 1.97. The van der Waals surface area contributed by atoms with E-state index in [0.29, 0.717) is 11.5 Å². The van der Waals surface area contributed by atoms with Gasteiger partial charge in [-0.2, -0.15) is 8.42 Å². The van der Waals surface area contributed by atoms with Gasteiger partial charge < -0.3 is 18.9 Å². The summed E-state index contributed by atoms with van der Waals surface area (Å²) in [5.41, 5.74) is 1.95. The molecule has 0 amide bonds. The highest BCUT2D eigenvalue weighted by atomic mass is 32.2. The van der Waals surface area contributed by atoms with Gasteiger partial charge in [0.25, 0.3) is 10.1 Å². The van der Waals surface area contributed by atoms with Crippen LogP contribution >= 0.6 is 0 Å². The van der Waals surface area contributed by atoms with Crippen molar-refractivity contribution in [2.24, 2.45) is 0 Å². The molecular weight excluding hydrogens is 656 g/mol. The second-order valence-electron chi connectivity index (χ2n) is 13.0. The van der Waals surface area contributed by atoms with E-state index in [1.807, 2.05) is 42.5 Å². The van der Waals surface area contributed by atoms with Crippen molar-refractivity contribution < 1.29 is 41.5 Å². The van der Waals surface area contributed by atoms with Gasteiger partial charge in [0.1, 0.15) is 11.5 Å². The molecule has 0 aliphatic rings. The zero-order chi connectivity index (χ0) is 36.6. The highest BCUT2D eigenvalue weighted by Gasteiger charge is 2.38. The Hall–Kier alpha value is -3.11. The first-order valence-electron chi connectivity index (χ1n) is 19.0. The fraction of sp³-hybridized carbons (Fsp3) is 0.650. The minimum absolute atomic E-state index is 0.212. The van der Waals surface area contributed by atoms with E-state index in [-0.39, 0.29) is 12.8 Å². The van der Waals surface area contributed by atoms with Gasteiger partial charge in [0, 0.05) is 12.8 Å². The van der Waals surface area contributed by atoms with Crippen LogP contribution in [-0.2, 0) is 42.0 Å². The summed E-state index contributed by atoms with van der Waals surface area (Å²) in [6.45, 7) is 7.89. The van der Waals surface area contributed by atoms with Gasteiger partial charge in [0.15, 0.2) is 5.25 Å². The normalized spacial score (nSPS) is 13.3. The lowest BCUT2D eigenvalue weighted by atomic mass is 10.0. The third-order valence-corrected chi connectivity index (χ3v) is 9.79. The van der Waals surface area contributed by atoms with E-state index in [4.69, 9.17) is 18.9 Å². The van der Waals surface area contributed by atoms with E-state index in [9.17, 15) is 22.6 Å². The molecule has 2 aromatic carbocycles. The van der Waals surface area contributed by atoms with E-state index >= 15 is 0 Å². The number of carbonyl (C=O) groups is 2. The maximum atomic E-state index is 13.1. The maximum Gasteiger partial charge on any atom is 0.330 e. The van der Waals surface area contributed by atoms with Crippen LogP contribution in [0.4, 0.5) is 0 Å². The number of carbonyl (C=O) groups excluding carboxylic acids is 2. The number of aryl methyl sites for hydroxylation is 2. The molecule has 0 aliphatic heterocycles. The summed E-state index contributed by atoms with van der Waals surface area (Å²) in [5, 5.41) is -2.18. The molecule has 3 unspecified atom stereocenters. The lowest BCUT2D eigenvalue weighted by molar-refractivity contribution is -0.171. The van der Waals surface area contributed by atoms with Crippen LogP contribution in [0.1, 0.15) is 148 Å². The van der Waals surface area contributed by atoms with Gasteiger partial charge in [-0.3, -0.25) is 14.1 Å². The van der Waals surface area contributed by atoms with Crippen LogP contribution in [0.25, 0.3) is 0 Å². The van der Waals surface area contributed by atoms with E-state index in [2.05, 4.69) is 13.8 Å². The molecule has 0 saturated heterocycles. The van der Waals surface area contributed by atoms with Crippen molar-refractivity contribution in [3.63, 3.8) is 0 Å². The first-order valence-corrected chi connectivity index (χ1v) is 20.5. The molecule has 0 fully saturated rings. The quantitative estimate of drug-likeness (QED) is 0.0396. The number of esters is 2. The molecule has 2 rings (SSSR count). The predicted molar refractivity (Wildman–Crippen MR) is 198 cm³/mol. The van der Waals surface area contributed by atoms with Crippen molar-refractivity contribution in [3.05, 3.63) is 59.7 Å². The van der Waals surface area contributed by atoms with Crippen molar-refractivity contribution in [3.8, 4) is 11.5 Å².